The molecule has 1 aromatic heterocycles. The second-order valence-corrected chi connectivity index (χ2v) is 6.11. The lowest BCUT2D eigenvalue weighted by Gasteiger charge is -2.43. The SMILES string of the molecule is O=C(c1cnn(-c2ccccc2)n1)N1CCOC2CCCCC21. The van der Waals surface area contributed by atoms with Gasteiger partial charge in [-0.25, -0.2) is 0 Å². The van der Waals surface area contributed by atoms with E-state index in [9.17, 15) is 4.79 Å². The molecule has 2 atom stereocenters. The van der Waals surface area contributed by atoms with E-state index in [-0.39, 0.29) is 18.1 Å². The molecule has 2 heterocycles. The van der Waals surface area contributed by atoms with E-state index in [4.69, 9.17) is 4.74 Å². The lowest BCUT2D eigenvalue weighted by molar-refractivity contribution is -0.0754. The molecule has 2 fully saturated rings. The van der Waals surface area contributed by atoms with Crippen LogP contribution >= 0.6 is 0 Å². The summed E-state index contributed by atoms with van der Waals surface area (Å²) in [6.07, 6.45) is 6.15. The fourth-order valence-corrected chi connectivity index (χ4v) is 3.54. The summed E-state index contributed by atoms with van der Waals surface area (Å²) in [5.74, 6) is -0.0348. The normalized spacial score (nSPS) is 24.3. The van der Waals surface area contributed by atoms with Crippen molar-refractivity contribution in [2.75, 3.05) is 13.2 Å². The number of para-hydroxylation sites is 1. The molecule has 0 radical (unpaired) electrons. The summed E-state index contributed by atoms with van der Waals surface area (Å²) in [6.45, 7) is 1.25. The molecule has 2 unspecified atom stereocenters. The Hall–Kier alpha value is -2.21. The number of ether oxygens (including phenoxy) is 1. The van der Waals surface area contributed by atoms with Gasteiger partial charge in [0.25, 0.3) is 5.91 Å². The predicted octanol–water partition coefficient (Wildman–Crippen LogP) is 2.05. The van der Waals surface area contributed by atoms with Gasteiger partial charge in [0.1, 0.15) is 0 Å². The number of amides is 1. The summed E-state index contributed by atoms with van der Waals surface area (Å²) in [6, 6.07) is 9.81. The smallest absolute Gasteiger partial charge is 0.276 e. The van der Waals surface area contributed by atoms with Crippen LogP contribution in [0, 0.1) is 0 Å². The minimum atomic E-state index is -0.0348. The first kappa shape index (κ1) is 14.4. The van der Waals surface area contributed by atoms with Crippen LogP contribution in [-0.2, 0) is 4.74 Å². The third kappa shape index (κ3) is 2.74. The number of aromatic nitrogens is 3. The minimum absolute atomic E-state index is 0.0348. The van der Waals surface area contributed by atoms with Gasteiger partial charge in [0.2, 0.25) is 0 Å². The van der Waals surface area contributed by atoms with Gasteiger partial charge in [0.05, 0.1) is 30.6 Å². The Kier molecular flexibility index (Phi) is 3.83. The number of rotatable bonds is 2. The van der Waals surface area contributed by atoms with Gasteiger partial charge in [-0.2, -0.15) is 9.90 Å². The van der Waals surface area contributed by atoms with Crippen molar-refractivity contribution in [1.29, 1.82) is 0 Å². The topological polar surface area (TPSA) is 60.2 Å². The fourth-order valence-electron chi connectivity index (χ4n) is 3.54. The predicted molar refractivity (Wildman–Crippen MR) is 84.4 cm³/mol. The number of nitrogens with zero attached hydrogens (tertiary/aromatic N) is 4. The van der Waals surface area contributed by atoms with Crippen molar-refractivity contribution in [3.63, 3.8) is 0 Å². The first-order valence-corrected chi connectivity index (χ1v) is 8.23. The van der Waals surface area contributed by atoms with Crippen molar-refractivity contribution in [3.05, 3.63) is 42.2 Å². The van der Waals surface area contributed by atoms with Crippen molar-refractivity contribution in [2.45, 2.75) is 37.8 Å². The molecule has 1 aliphatic heterocycles. The second-order valence-electron chi connectivity index (χ2n) is 6.11. The van der Waals surface area contributed by atoms with E-state index in [2.05, 4.69) is 10.2 Å². The molecular formula is C17H20N4O2. The van der Waals surface area contributed by atoms with E-state index >= 15 is 0 Å². The number of hydrogen-bond donors (Lipinski definition) is 0. The van der Waals surface area contributed by atoms with E-state index in [1.165, 1.54) is 11.2 Å². The molecule has 2 aliphatic rings. The molecule has 1 amide bonds. The van der Waals surface area contributed by atoms with E-state index in [0.29, 0.717) is 18.8 Å². The van der Waals surface area contributed by atoms with Gasteiger partial charge in [-0.05, 0) is 25.0 Å². The maximum atomic E-state index is 12.9. The van der Waals surface area contributed by atoms with Gasteiger partial charge < -0.3 is 9.64 Å². The Morgan fingerprint density at radius 1 is 1.17 bits per heavy atom. The molecule has 0 bridgehead atoms. The van der Waals surface area contributed by atoms with Crippen LogP contribution in [0.4, 0.5) is 0 Å². The molecular weight excluding hydrogens is 292 g/mol. The summed E-state index contributed by atoms with van der Waals surface area (Å²) >= 11 is 0. The van der Waals surface area contributed by atoms with Crippen LogP contribution in [0.15, 0.2) is 36.5 Å². The van der Waals surface area contributed by atoms with Crippen LogP contribution in [0.1, 0.15) is 36.2 Å². The quantitative estimate of drug-likeness (QED) is 0.851. The van der Waals surface area contributed by atoms with Crippen LogP contribution in [-0.4, -0.2) is 51.1 Å². The van der Waals surface area contributed by atoms with Gasteiger partial charge in [0.15, 0.2) is 5.69 Å². The van der Waals surface area contributed by atoms with E-state index < -0.39 is 0 Å². The third-order valence-electron chi connectivity index (χ3n) is 4.69. The van der Waals surface area contributed by atoms with Crippen molar-refractivity contribution >= 4 is 5.91 Å². The summed E-state index contributed by atoms with van der Waals surface area (Å²) in [5, 5.41) is 8.60. The van der Waals surface area contributed by atoms with Gasteiger partial charge >= 0.3 is 0 Å². The van der Waals surface area contributed by atoms with E-state index in [1.807, 2.05) is 35.2 Å². The lowest BCUT2D eigenvalue weighted by Crippen LogP contribution is -2.54. The first-order valence-electron chi connectivity index (χ1n) is 8.23. The molecule has 0 spiro atoms. The number of carbonyl (C=O) groups is 1. The second kappa shape index (κ2) is 6.12. The monoisotopic (exact) mass is 312 g/mol. The molecule has 1 saturated carbocycles. The molecule has 4 rings (SSSR count). The Labute approximate surface area is 135 Å². The highest BCUT2D eigenvalue weighted by atomic mass is 16.5. The number of benzene rings is 1. The minimum Gasteiger partial charge on any atom is -0.374 e. The fraction of sp³-hybridized carbons (Fsp3) is 0.471. The molecule has 2 aromatic rings. The third-order valence-corrected chi connectivity index (χ3v) is 4.69. The van der Waals surface area contributed by atoms with Crippen molar-refractivity contribution < 1.29 is 9.53 Å². The number of hydrogen-bond acceptors (Lipinski definition) is 4. The Bertz CT molecular complexity index is 683. The lowest BCUT2D eigenvalue weighted by atomic mass is 9.90. The van der Waals surface area contributed by atoms with Crippen molar-refractivity contribution in [1.82, 2.24) is 19.9 Å². The van der Waals surface area contributed by atoms with Gasteiger partial charge in [-0.1, -0.05) is 31.0 Å². The molecule has 1 aliphatic carbocycles. The van der Waals surface area contributed by atoms with Crippen LogP contribution < -0.4 is 0 Å². The molecule has 0 N–H and O–H groups in total. The highest BCUT2D eigenvalue weighted by molar-refractivity contribution is 5.92. The summed E-state index contributed by atoms with van der Waals surface area (Å²) < 4.78 is 5.84. The zero-order chi connectivity index (χ0) is 15.6. The average molecular weight is 312 g/mol. The molecule has 23 heavy (non-hydrogen) atoms. The Balaban J connectivity index is 1.56. The maximum absolute atomic E-state index is 12.9. The van der Waals surface area contributed by atoms with Crippen molar-refractivity contribution in [2.24, 2.45) is 0 Å². The molecule has 120 valence electrons. The van der Waals surface area contributed by atoms with Crippen LogP contribution in [0.5, 0.6) is 0 Å². The zero-order valence-electron chi connectivity index (χ0n) is 13.0. The van der Waals surface area contributed by atoms with Gasteiger partial charge in [0, 0.05) is 6.54 Å². The highest BCUT2D eigenvalue weighted by Gasteiger charge is 2.37. The molecule has 6 heteroatoms. The maximum Gasteiger partial charge on any atom is 0.276 e. The Morgan fingerprint density at radius 2 is 2.00 bits per heavy atom. The van der Waals surface area contributed by atoms with Crippen LogP contribution in [0.3, 0.4) is 0 Å². The summed E-state index contributed by atoms with van der Waals surface area (Å²) in [5.41, 5.74) is 1.25. The van der Waals surface area contributed by atoms with Gasteiger partial charge in [-0.3, -0.25) is 4.79 Å². The highest BCUT2D eigenvalue weighted by Crippen LogP contribution is 2.29. The first-order chi connectivity index (χ1) is 11.3. The van der Waals surface area contributed by atoms with Gasteiger partial charge in [-0.15, -0.1) is 5.10 Å². The summed E-state index contributed by atoms with van der Waals surface area (Å²) in [4.78, 5) is 16.3. The number of fused-ring (bicyclic) bond motifs is 1. The van der Waals surface area contributed by atoms with E-state index in [1.54, 1.807) is 6.20 Å². The van der Waals surface area contributed by atoms with Crippen molar-refractivity contribution in [3.8, 4) is 5.69 Å². The van der Waals surface area contributed by atoms with Crippen LogP contribution in [0.2, 0.25) is 0 Å². The zero-order valence-corrected chi connectivity index (χ0v) is 13.0. The standard InChI is InChI=1S/C17H20N4O2/c22-17(20-10-11-23-16-9-5-4-8-15(16)20)14-12-18-21(19-14)13-6-2-1-3-7-13/h1-3,6-7,12,15-16H,4-5,8-11H2. The van der Waals surface area contributed by atoms with Crippen LogP contribution in [0.25, 0.3) is 5.69 Å². The Morgan fingerprint density at radius 3 is 2.87 bits per heavy atom. The largest absolute Gasteiger partial charge is 0.374 e. The average Bonchev–Trinajstić information content (AvgIpc) is 3.11. The summed E-state index contributed by atoms with van der Waals surface area (Å²) in [7, 11) is 0. The molecule has 1 aromatic carbocycles. The van der Waals surface area contributed by atoms with E-state index in [0.717, 1.165) is 24.9 Å². The molecule has 1 saturated heterocycles. The number of morpholine rings is 1. The number of carbonyl (C=O) groups excluding carboxylic acids is 1. The molecule has 6 nitrogen and oxygen atoms in total.